The number of rotatable bonds is 5. The van der Waals surface area contributed by atoms with Gasteiger partial charge in [-0.1, -0.05) is 19.3 Å². The summed E-state index contributed by atoms with van der Waals surface area (Å²) in [5.41, 5.74) is 5.60. The normalized spacial score (nSPS) is 19.6. The second kappa shape index (κ2) is 6.97. The summed E-state index contributed by atoms with van der Waals surface area (Å²) in [6, 6.07) is -0.175. The number of nitrogens with two attached hydrogens (primary N) is 1. The van der Waals surface area contributed by atoms with E-state index in [1.165, 1.54) is 6.42 Å². The van der Waals surface area contributed by atoms with Crippen molar-refractivity contribution in [2.75, 3.05) is 6.54 Å². The van der Waals surface area contributed by atoms with Crippen molar-refractivity contribution in [1.82, 2.24) is 5.32 Å². The average Bonchev–Trinajstić information content (AvgIpc) is 2.33. The Bertz CT molecular complexity index is 263. The summed E-state index contributed by atoms with van der Waals surface area (Å²) in [6.45, 7) is 0.294. The lowest BCUT2D eigenvalue weighted by Gasteiger charge is -2.30. The van der Waals surface area contributed by atoms with Crippen molar-refractivity contribution in [2.45, 2.75) is 57.2 Å². The highest BCUT2D eigenvalue weighted by molar-refractivity contribution is 5.76. The van der Waals surface area contributed by atoms with Gasteiger partial charge in [0.05, 0.1) is 6.42 Å². The van der Waals surface area contributed by atoms with Crippen LogP contribution < -0.4 is 11.1 Å². The first-order chi connectivity index (χ1) is 8.42. The van der Waals surface area contributed by atoms with Crippen LogP contribution in [0, 0.1) is 5.92 Å². The molecule has 0 radical (unpaired) electrons. The van der Waals surface area contributed by atoms with Gasteiger partial charge in [-0.05, 0) is 18.8 Å². The molecule has 0 aliphatic heterocycles. The van der Waals surface area contributed by atoms with Gasteiger partial charge in [0, 0.05) is 19.0 Å². The van der Waals surface area contributed by atoms with Crippen molar-refractivity contribution in [1.29, 1.82) is 0 Å². The molecule has 1 atom stereocenters. The molecule has 1 saturated carbocycles. The summed E-state index contributed by atoms with van der Waals surface area (Å²) in [4.78, 5) is 11.4. The maximum absolute atomic E-state index is 12.0. The summed E-state index contributed by atoms with van der Waals surface area (Å²) >= 11 is 0. The van der Waals surface area contributed by atoms with Crippen molar-refractivity contribution in [3.8, 4) is 0 Å². The van der Waals surface area contributed by atoms with Crippen molar-refractivity contribution >= 4 is 5.91 Å². The maximum atomic E-state index is 12.0. The van der Waals surface area contributed by atoms with E-state index in [0.717, 1.165) is 25.7 Å². The van der Waals surface area contributed by atoms with Crippen LogP contribution in [0.1, 0.15) is 44.9 Å². The van der Waals surface area contributed by atoms with Gasteiger partial charge >= 0.3 is 6.18 Å². The summed E-state index contributed by atoms with van der Waals surface area (Å²) in [5, 5.41) is 2.65. The summed E-state index contributed by atoms with van der Waals surface area (Å²) in [7, 11) is 0. The zero-order valence-electron chi connectivity index (χ0n) is 10.4. The predicted octanol–water partition coefficient (Wildman–Crippen LogP) is 2.35. The van der Waals surface area contributed by atoms with Gasteiger partial charge in [-0.25, -0.2) is 0 Å². The fraction of sp³-hybridized carbons (Fsp3) is 0.917. The standard InChI is InChI=1S/C12H21F3N2O/c13-12(14,15)7-6-11(18)17-10(8-16)9-4-2-1-3-5-9/h9-10H,1-8,16H2,(H,17,18). The third-order valence-corrected chi connectivity index (χ3v) is 3.45. The van der Waals surface area contributed by atoms with Crippen LogP contribution in [0.3, 0.4) is 0 Å². The van der Waals surface area contributed by atoms with Gasteiger partial charge < -0.3 is 11.1 Å². The minimum Gasteiger partial charge on any atom is -0.352 e. The lowest BCUT2D eigenvalue weighted by Crippen LogP contribution is -2.46. The van der Waals surface area contributed by atoms with E-state index in [9.17, 15) is 18.0 Å². The topological polar surface area (TPSA) is 55.1 Å². The lowest BCUT2D eigenvalue weighted by atomic mass is 9.84. The Morgan fingerprint density at radius 2 is 1.89 bits per heavy atom. The highest BCUT2D eigenvalue weighted by Gasteiger charge is 2.29. The number of amides is 1. The molecule has 1 unspecified atom stereocenters. The van der Waals surface area contributed by atoms with E-state index in [-0.39, 0.29) is 6.04 Å². The molecule has 0 aromatic heterocycles. The van der Waals surface area contributed by atoms with E-state index in [1.807, 2.05) is 0 Å². The smallest absolute Gasteiger partial charge is 0.352 e. The predicted molar refractivity (Wildman–Crippen MR) is 62.8 cm³/mol. The van der Waals surface area contributed by atoms with Gasteiger partial charge in [0.2, 0.25) is 5.91 Å². The van der Waals surface area contributed by atoms with Gasteiger partial charge in [0.15, 0.2) is 0 Å². The molecule has 0 spiro atoms. The lowest BCUT2D eigenvalue weighted by molar-refractivity contribution is -0.144. The second-order valence-corrected chi connectivity index (χ2v) is 4.92. The average molecular weight is 266 g/mol. The second-order valence-electron chi connectivity index (χ2n) is 4.92. The van der Waals surface area contributed by atoms with Crippen molar-refractivity contribution in [3.63, 3.8) is 0 Å². The third-order valence-electron chi connectivity index (χ3n) is 3.45. The Hall–Kier alpha value is -0.780. The summed E-state index contributed by atoms with van der Waals surface area (Å²) < 4.78 is 36.0. The quantitative estimate of drug-likeness (QED) is 0.802. The number of alkyl halides is 3. The highest BCUT2D eigenvalue weighted by Crippen LogP contribution is 2.26. The van der Waals surface area contributed by atoms with E-state index in [2.05, 4.69) is 5.32 Å². The number of hydrogen-bond donors (Lipinski definition) is 2. The molecule has 0 aromatic rings. The first-order valence-electron chi connectivity index (χ1n) is 6.48. The van der Waals surface area contributed by atoms with E-state index in [0.29, 0.717) is 12.5 Å². The van der Waals surface area contributed by atoms with Crippen LogP contribution in [0.15, 0.2) is 0 Å². The van der Waals surface area contributed by atoms with Gasteiger partial charge in [0.1, 0.15) is 0 Å². The first-order valence-corrected chi connectivity index (χ1v) is 6.48. The molecule has 3 N–H and O–H groups in total. The van der Waals surface area contributed by atoms with E-state index in [4.69, 9.17) is 5.73 Å². The van der Waals surface area contributed by atoms with Crippen LogP contribution in [-0.2, 0) is 4.79 Å². The third kappa shape index (κ3) is 5.71. The molecular formula is C12H21F3N2O. The largest absolute Gasteiger partial charge is 0.389 e. The molecule has 0 bridgehead atoms. The van der Waals surface area contributed by atoms with Crippen molar-refractivity contribution in [3.05, 3.63) is 0 Å². The van der Waals surface area contributed by atoms with Gasteiger partial charge in [-0.2, -0.15) is 13.2 Å². The van der Waals surface area contributed by atoms with Crippen LogP contribution in [0.2, 0.25) is 0 Å². The number of carbonyl (C=O) groups excluding carboxylic acids is 1. The molecule has 1 fully saturated rings. The molecule has 0 saturated heterocycles. The van der Waals surface area contributed by atoms with Gasteiger partial charge in [-0.15, -0.1) is 0 Å². The molecule has 1 aliphatic rings. The van der Waals surface area contributed by atoms with Gasteiger partial charge in [-0.3, -0.25) is 4.79 Å². The number of hydrogen-bond acceptors (Lipinski definition) is 2. The maximum Gasteiger partial charge on any atom is 0.389 e. The molecule has 0 aromatic carbocycles. The van der Waals surface area contributed by atoms with Crippen molar-refractivity contribution in [2.24, 2.45) is 11.7 Å². The number of carbonyl (C=O) groups is 1. The summed E-state index contributed by atoms with van der Waals surface area (Å²) in [5.74, 6) is -0.230. The van der Waals surface area contributed by atoms with Crippen LogP contribution in [0.5, 0.6) is 0 Å². The fourth-order valence-corrected chi connectivity index (χ4v) is 2.44. The molecule has 1 amide bonds. The molecule has 6 heteroatoms. The first kappa shape index (κ1) is 15.3. The Morgan fingerprint density at radius 1 is 1.28 bits per heavy atom. The Balaban J connectivity index is 2.35. The molecule has 18 heavy (non-hydrogen) atoms. The highest BCUT2D eigenvalue weighted by atomic mass is 19.4. The van der Waals surface area contributed by atoms with Crippen LogP contribution >= 0.6 is 0 Å². The van der Waals surface area contributed by atoms with Crippen LogP contribution in [0.25, 0.3) is 0 Å². The van der Waals surface area contributed by atoms with Gasteiger partial charge in [0.25, 0.3) is 0 Å². The number of halogens is 3. The monoisotopic (exact) mass is 266 g/mol. The van der Waals surface area contributed by atoms with Crippen LogP contribution in [-0.4, -0.2) is 24.7 Å². The minimum absolute atomic E-state index is 0.175. The zero-order chi connectivity index (χ0) is 13.6. The molecular weight excluding hydrogens is 245 g/mol. The molecule has 106 valence electrons. The SMILES string of the molecule is NCC(NC(=O)CCC(F)(F)F)C1CCCCC1. The van der Waals surface area contributed by atoms with E-state index in [1.54, 1.807) is 0 Å². The molecule has 3 nitrogen and oxygen atoms in total. The molecule has 1 aliphatic carbocycles. The zero-order valence-corrected chi connectivity index (χ0v) is 10.4. The Labute approximate surface area is 105 Å². The fourth-order valence-electron chi connectivity index (χ4n) is 2.44. The van der Waals surface area contributed by atoms with Crippen LogP contribution in [0.4, 0.5) is 13.2 Å². The molecule has 0 heterocycles. The minimum atomic E-state index is -4.28. The summed E-state index contributed by atoms with van der Waals surface area (Å²) in [6.07, 6.45) is -0.439. The number of nitrogens with one attached hydrogen (secondary N) is 1. The molecule has 1 rings (SSSR count). The van der Waals surface area contributed by atoms with E-state index >= 15 is 0 Å². The Kier molecular flexibility index (Phi) is 5.91. The van der Waals surface area contributed by atoms with E-state index < -0.39 is 24.9 Å². The Morgan fingerprint density at radius 3 is 2.39 bits per heavy atom. The van der Waals surface area contributed by atoms with Crippen molar-refractivity contribution < 1.29 is 18.0 Å².